The van der Waals surface area contributed by atoms with Gasteiger partial charge in [-0.15, -0.1) is 0 Å². The molecule has 11 heteroatoms. The summed E-state index contributed by atoms with van der Waals surface area (Å²) in [6, 6.07) is 2.27. The Hall–Kier alpha value is -1.08. The molecule has 0 radical (unpaired) electrons. The minimum Gasteiger partial charge on any atom is -0.318 e. The van der Waals surface area contributed by atoms with Crippen LogP contribution in [0.4, 0.5) is 20.2 Å². The number of hydrogen-bond acceptors (Lipinski definition) is 6. The zero-order valence-corrected chi connectivity index (χ0v) is 11.4. The van der Waals surface area contributed by atoms with Crippen LogP contribution in [0, 0.1) is 10.1 Å². The zero-order valence-electron chi connectivity index (χ0n) is 8.43. The molecule has 0 fully saturated rings. The molecule has 3 N–H and O–H groups in total. The molecule has 0 saturated carbocycles. The van der Waals surface area contributed by atoms with Crippen molar-refractivity contribution in [1.82, 2.24) is 0 Å². The number of nitrogens with one attached hydrogen (secondary N) is 1. The zero-order chi connectivity index (χ0) is 14.1. The minimum atomic E-state index is -4.98. The van der Waals surface area contributed by atoms with Crippen molar-refractivity contribution in [3.05, 3.63) is 28.3 Å². The van der Waals surface area contributed by atoms with Crippen LogP contribution in [0.25, 0.3) is 0 Å². The highest BCUT2D eigenvalue weighted by molar-refractivity contribution is 14.1. The molecular formula is C7H6F2IN3O4S. The van der Waals surface area contributed by atoms with Crippen LogP contribution in [0.1, 0.15) is 0 Å². The molecule has 1 rings (SSSR count). The number of benzene rings is 1. The number of nitro groups is 1. The minimum absolute atomic E-state index is 0.185. The van der Waals surface area contributed by atoms with Gasteiger partial charge < -0.3 is 5.43 Å². The van der Waals surface area contributed by atoms with Crippen molar-refractivity contribution in [3.63, 3.8) is 0 Å². The third-order valence-electron chi connectivity index (χ3n) is 1.94. The summed E-state index contributed by atoms with van der Waals surface area (Å²) in [5, 5.41) is 10.6. The fraction of sp³-hybridized carbons (Fsp3) is 0.143. The van der Waals surface area contributed by atoms with Gasteiger partial charge in [0, 0.05) is 28.7 Å². The number of nitrogens with zero attached hydrogens (tertiary/aromatic N) is 1. The predicted octanol–water partition coefficient (Wildman–Crippen LogP) is 1.64. The molecule has 1 aromatic carbocycles. The van der Waals surface area contributed by atoms with E-state index in [1.54, 1.807) is 0 Å². The van der Waals surface area contributed by atoms with E-state index in [2.05, 4.69) is 0 Å². The number of nitrogen functional groups attached to an aromatic ring is 1. The van der Waals surface area contributed by atoms with E-state index in [4.69, 9.17) is 5.84 Å². The van der Waals surface area contributed by atoms with Crippen LogP contribution < -0.4 is 11.3 Å². The lowest BCUT2D eigenvalue weighted by molar-refractivity contribution is -0.384. The molecule has 7 nitrogen and oxygen atoms in total. The Bertz CT molecular complexity index is 587. The Morgan fingerprint density at radius 1 is 1.44 bits per heavy atom. The molecule has 0 atom stereocenters. The van der Waals surface area contributed by atoms with Gasteiger partial charge in [0.1, 0.15) is 5.69 Å². The first-order valence-electron chi connectivity index (χ1n) is 4.17. The monoisotopic (exact) mass is 393 g/mol. The summed E-state index contributed by atoms with van der Waals surface area (Å²) in [5.41, 5.74) is 1.07. The van der Waals surface area contributed by atoms with Gasteiger partial charge >= 0.3 is 3.26 Å². The molecule has 18 heavy (non-hydrogen) atoms. The maximum atomic E-state index is 12.9. The van der Waals surface area contributed by atoms with Crippen LogP contribution in [-0.2, 0) is 9.84 Å². The van der Waals surface area contributed by atoms with Crippen molar-refractivity contribution in [3.8, 4) is 0 Å². The Kier molecular flexibility index (Phi) is 4.07. The van der Waals surface area contributed by atoms with Gasteiger partial charge in [0.2, 0.25) is 0 Å². The van der Waals surface area contributed by atoms with Crippen LogP contribution in [0.5, 0.6) is 0 Å². The highest BCUT2D eigenvalue weighted by Crippen LogP contribution is 2.37. The van der Waals surface area contributed by atoms with Crippen molar-refractivity contribution in [1.29, 1.82) is 0 Å². The van der Waals surface area contributed by atoms with Crippen molar-refractivity contribution in [2.45, 2.75) is 8.16 Å². The number of nitro benzene ring substituents is 1. The number of halogens is 3. The predicted molar refractivity (Wildman–Crippen MR) is 67.1 cm³/mol. The first kappa shape index (κ1) is 15.0. The second-order valence-electron chi connectivity index (χ2n) is 3.03. The van der Waals surface area contributed by atoms with E-state index in [1.165, 1.54) is 0 Å². The molecule has 0 aromatic heterocycles. The Labute approximate surface area is 114 Å². The lowest BCUT2D eigenvalue weighted by atomic mass is 10.3. The number of rotatable bonds is 4. The van der Waals surface area contributed by atoms with Gasteiger partial charge in [0.15, 0.2) is 0 Å². The molecule has 0 aliphatic heterocycles. The molecule has 100 valence electrons. The fourth-order valence-electron chi connectivity index (χ4n) is 1.09. The molecule has 0 bridgehead atoms. The molecule has 0 spiro atoms. The van der Waals surface area contributed by atoms with E-state index in [-0.39, 0.29) is 5.69 Å². The average molecular weight is 393 g/mol. The normalized spacial score (nSPS) is 12.2. The van der Waals surface area contributed by atoms with Gasteiger partial charge in [0.05, 0.1) is 9.82 Å². The standard InChI is InChI=1S/C7H6F2IN3O4S/c8-7(9,10)18(16,17)4-1-2-5(12-11)6(3-4)13(14)15/h1-3,12H,11H2. The van der Waals surface area contributed by atoms with Crippen LogP contribution in [0.3, 0.4) is 0 Å². The van der Waals surface area contributed by atoms with Crippen molar-refractivity contribution < 1.29 is 22.1 Å². The van der Waals surface area contributed by atoms with Gasteiger partial charge in [-0.05, 0) is 12.1 Å². The van der Waals surface area contributed by atoms with Gasteiger partial charge in [-0.3, -0.25) is 16.0 Å². The molecule has 0 unspecified atom stereocenters. The number of nitrogens with two attached hydrogens (primary N) is 1. The Morgan fingerprint density at radius 3 is 2.39 bits per heavy atom. The Balaban J connectivity index is 3.48. The summed E-state index contributed by atoms with van der Waals surface area (Å²) in [5.74, 6) is 4.98. The second kappa shape index (κ2) is 4.89. The molecule has 1 aromatic rings. The lowest BCUT2D eigenvalue weighted by Gasteiger charge is -2.10. The fourth-order valence-corrected chi connectivity index (χ4v) is 2.63. The van der Waals surface area contributed by atoms with Crippen molar-refractivity contribution in [2.75, 3.05) is 5.43 Å². The van der Waals surface area contributed by atoms with E-state index in [0.29, 0.717) is 28.7 Å². The first-order valence-corrected chi connectivity index (χ1v) is 6.74. The van der Waals surface area contributed by atoms with Crippen molar-refractivity contribution in [2.24, 2.45) is 5.84 Å². The molecule has 0 amide bonds. The molecule has 0 aliphatic rings. The summed E-state index contributed by atoms with van der Waals surface area (Å²) >= 11 is 0.438. The SMILES string of the molecule is NNc1ccc(S(=O)(=O)C(F)(F)I)cc1[N+](=O)[O-]. The number of alkyl halides is 3. The van der Waals surface area contributed by atoms with Crippen LogP contribution in [0.2, 0.25) is 0 Å². The number of hydrazine groups is 1. The number of anilines is 1. The third-order valence-corrected chi connectivity index (χ3v) is 5.16. The van der Waals surface area contributed by atoms with E-state index in [9.17, 15) is 27.3 Å². The summed E-state index contributed by atoms with van der Waals surface area (Å²) in [4.78, 5) is 8.85. The van der Waals surface area contributed by atoms with E-state index >= 15 is 0 Å². The maximum Gasteiger partial charge on any atom is 0.398 e. The largest absolute Gasteiger partial charge is 0.398 e. The van der Waals surface area contributed by atoms with Crippen LogP contribution >= 0.6 is 22.6 Å². The first-order chi connectivity index (χ1) is 8.11. The quantitative estimate of drug-likeness (QED) is 0.264. The van der Waals surface area contributed by atoms with E-state index in [1.807, 2.05) is 5.43 Å². The van der Waals surface area contributed by atoms with Crippen LogP contribution in [-0.4, -0.2) is 16.6 Å². The topological polar surface area (TPSA) is 115 Å². The van der Waals surface area contributed by atoms with Gasteiger partial charge in [-0.25, -0.2) is 8.42 Å². The summed E-state index contributed by atoms with van der Waals surface area (Å²) < 4.78 is 44.5. The smallest absolute Gasteiger partial charge is 0.318 e. The molecule has 0 aliphatic carbocycles. The van der Waals surface area contributed by atoms with E-state index < -0.39 is 28.6 Å². The highest BCUT2D eigenvalue weighted by atomic mass is 127. The number of sulfone groups is 1. The van der Waals surface area contributed by atoms with Crippen LogP contribution in [0.15, 0.2) is 23.1 Å². The molecule has 0 heterocycles. The van der Waals surface area contributed by atoms with E-state index in [0.717, 1.165) is 12.1 Å². The molecule has 0 saturated heterocycles. The van der Waals surface area contributed by atoms with Crippen molar-refractivity contribution >= 4 is 43.8 Å². The van der Waals surface area contributed by atoms with Gasteiger partial charge in [-0.2, -0.15) is 8.78 Å². The maximum absolute atomic E-state index is 12.9. The summed E-state index contributed by atoms with van der Waals surface area (Å²) in [7, 11) is -4.98. The number of hydrogen-bond donors (Lipinski definition) is 2. The lowest BCUT2D eigenvalue weighted by Crippen LogP contribution is -2.21. The third kappa shape index (κ3) is 2.67. The van der Waals surface area contributed by atoms with Gasteiger partial charge in [0.25, 0.3) is 15.5 Å². The second-order valence-corrected chi connectivity index (χ2v) is 7.11. The highest BCUT2D eigenvalue weighted by Gasteiger charge is 2.43. The molecular weight excluding hydrogens is 387 g/mol. The summed E-state index contributed by atoms with van der Waals surface area (Å²) in [6.45, 7) is 0. The Morgan fingerprint density at radius 2 is 2.00 bits per heavy atom. The van der Waals surface area contributed by atoms with Gasteiger partial charge in [-0.1, -0.05) is 0 Å². The summed E-state index contributed by atoms with van der Waals surface area (Å²) in [6.07, 6.45) is 0. The average Bonchev–Trinajstić information content (AvgIpc) is 2.26.